The standard InChI is InChI=1S/C38H42BrN9O4/c1-22-28-18-41-38(44-35(28)48(26-5-3-4-6-26)37(52)33(22)23(2)49)42-31-11-9-27(17-40-31)46-15-13-45(14-16-46)19-25-8-7-24-20-47(21-29(24)34(25)39)30-10-12-32(50)43-36(30)51/h7-9,11,17-18,26,30H,3-6,10,12-16,19-21H2,1-2H3,(H,43,50,51)(H,40,41,42,44). The van der Waals surface area contributed by atoms with Gasteiger partial charge in [-0.1, -0.05) is 40.9 Å². The van der Waals surface area contributed by atoms with Gasteiger partial charge < -0.3 is 10.2 Å². The summed E-state index contributed by atoms with van der Waals surface area (Å²) in [6.07, 6.45) is 8.38. The molecule has 0 bridgehead atoms. The SMILES string of the molecule is CC(=O)c1c(C)c2cnc(Nc3ccc(N4CCN(Cc5ccc6c(c5Br)CN(C5CCC(=O)NC5=O)C6)CC4)cn3)nc2n(C2CCCC2)c1=O. The van der Waals surface area contributed by atoms with Crippen LogP contribution >= 0.6 is 15.9 Å². The molecule has 8 rings (SSSR count). The summed E-state index contributed by atoms with van der Waals surface area (Å²) < 4.78 is 2.83. The molecule has 14 heteroatoms. The lowest BCUT2D eigenvalue weighted by atomic mass is 10.0. The van der Waals surface area contributed by atoms with Crippen molar-refractivity contribution in [3.63, 3.8) is 0 Å². The van der Waals surface area contributed by atoms with E-state index in [1.54, 1.807) is 17.7 Å². The van der Waals surface area contributed by atoms with E-state index >= 15 is 0 Å². The number of amides is 2. The summed E-state index contributed by atoms with van der Waals surface area (Å²) in [7, 11) is 0. The number of aryl methyl sites for hydroxylation is 1. The third kappa shape index (κ3) is 6.52. The molecular formula is C38H42BrN9O4. The summed E-state index contributed by atoms with van der Waals surface area (Å²) in [6, 6.07) is 8.09. The fourth-order valence-corrected chi connectivity index (χ4v) is 8.99. The number of benzene rings is 1. The van der Waals surface area contributed by atoms with Crippen LogP contribution in [0.4, 0.5) is 17.5 Å². The number of Topliss-reactive ketones (excluding diaryl/α,β-unsaturated/α-hetero) is 1. The second-order valence-corrected chi connectivity index (χ2v) is 15.2. The number of fused-ring (bicyclic) bond motifs is 2. The van der Waals surface area contributed by atoms with Gasteiger partial charge in [-0.2, -0.15) is 4.98 Å². The van der Waals surface area contributed by atoms with Gasteiger partial charge in [0.1, 0.15) is 11.5 Å². The van der Waals surface area contributed by atoms with Crippen LogP contribution in [-0.2, 0) is 29.2 Å². The van der Waals surface area contributed by atoms with Gasteiger partial charge in [0.15, 0.2) is 5.78 Å². The summed E-state index contributed by atoms with van der Waals surface area (Å²) in [5.41, 5.74) is 5.86. The van der Waals surface area contributed by atoms with Crippen molar-refractivity contribution < 1.29 is 14.4 Å². The number of rotatable bonds is 8. The lowest BCUT2D eigenvalue weighted by Gasteiger charge is -2.36. The Morgan fingerprint density at radius 2 is 1.77 bits per heavy atom. The van der Waals surface area contributed by atoms with Crippen molar-refractivity contribution in [3.05, 3.63) is 79.3 Å². The summed E-state index contributed by atoms with van der Waals surface area (Å²) in [5, 5.41) is 6.42. The first kappa shape index (κ1) is 34.6. The number of aromatic nitrogens is 4. The number of anilines is 3. The van der Waals surface area contributed by atoms with E-state index in [1.165, 1.54) is 23.6 Å². The zero-order chi connectivity index (χ0) is 36.1. The molecule has 3 aliphatic heterocycles. The van der Waals surface area contributed by atoms with E-state index in [2.05, 4.69) is 69.4 Å². The minimum absolute atomic E-state index is 0.0158. The van der Waals surface area contributed by atoms with Gasteiger partial charge in [-0.15, -0.1) is 0 Å². The number of nitrogens with zero attached hydrogens (tertiary/aromatic N) is 7. The Morgan fingerprint density at radius 1 is 0.981 bits per heavy atom. The van der Waals surface area contributed by atoms with Crippen molar-refractivity contribution >= 4 is 62.0 Å². The molecule has 13 nitrogen and oxygen atoms in total. The van der Waals surface area contributed by atoms with Gasteiger partial charge in [0, 0.05) is 74.3 Å². The molecule has 52 heavy (non-hydrogen) atoms. The minimum Gasteiger partial charge on any atom is -0.368 e. The number of hydrogen-bond donors (Lipinski definition) is 2. The maximum absolute atomic E-state index is 13.6. The van der Waals surface area contributed by atoms with E-state index in [4.69, 9.17) is 4.98 Å². The lowest BCUT2D eigenvalue weighted by molar-refractivity contribution is -0.137. The van der Waals surface area contributed by atoms with Crippen LogP contribution in [0.1, 0.15) is 84.1 Å². The Balaban J connectivity index is 0.903. The minimum atomic E-state index is -0.269. The summed E-state index contributed by atoms with van der Waals surface area (Å²) in [5.74, 6) is 0.341. The number of piperidine rings is 1. The highest BCUT2D eigenvalue weighted by Crippen LogP contribution is 2.36. The van der Waals surface area contributed by atoms with E-state index in [0.717, 1.165) is 68.6 Å². The Bertz CT molecular complexity index is 2140. The number of nitrogens with one attached hydrogen (secondary N) is 2. The van der Waals surface area contributed by atoms with E-state index in [0.29, 0.717) is 54.3 Å². The van der Waals surface area contributed by atoms with Crippen molar-refractivity contribution in [2.75, 3.05) is 36.4 Å². The first-order valence-corrected chi connectivity index (χ1v) is 18.9. The van der Waals surface area contributed by atoms with Crippen LogP contribution in [0, 0.1) is 6.92 Å². The summed E-state index contributed by atoms with van der Waals surface area (Å²) >= 11 is 3.89. The van der Waals surface area contributed by atoms with E-state index < -0.39 is 0 Å². The zero-order valence-electron chi connectivity index (χ0n) is 29.5. The molecule has 1 aliphatic carbocycles. The normalized spacial score (nSPS) is 20.1. The highest BCUT2D eigenvalue weighted by molar-refractivity contribution is 9.10. The third-order valence-electron chi connectivity index (χ3n) is 11.2. The average molecular weight is 769 g/mol. The van der Waals surface area contributed by atoms with Gasteiger partial charge in [-0.05, 0) is 67.5 Å². The number of piperazine rings is 1. The van der Waals surface area contributed by atoms with Crippen LogP contribution in [0.2, 0.25) is 0 Å². The fraction of sp³-hybridized carbons (Fsp3) is 0.447. The molecule has 3 aromatic heterocycles. The predicted molar refractivity (Wildman–Crippen MR) is 201 cm³/mol. The van der Waals surface area contributed by atoms with Gasteiger partial charge in [-0.25, -0.2) is 9.97 Å². The van der Waals surface area contributed by atoms with Gasteiger partial charge in [-0.3, -0.25) is 38.9 Å². The van der Waals surface area contributed by atoms with Gasteiger partial charge >= 0.3 is 0 Å². The predicted octanol–water partition coefficient (Wildman–Crippen LogP) is 4.76. The average Bonchev–Trinajstić information content (AvgIpc) is 3.82. The van der Waals surface area contributed by atoms with Crippen LogP contribution < -0.4 is 21.1 Å². The molecule has 1 atom stereocenters. The monoisotopic (exact) mass is 767 g/mol. The summed E-state index contributed by atoms with van der Waals surface area (Å²) in [4.78, 5) is 71.1. The van der Waals surface area contributed by atoms with E-state index in [1.807, 2.05) is 12.3 Å². The quantitative estimate of drug-likeness (QED) is 0.189. The molecule has 2 saturated heterocycles. The van der Waals surface area contributed by atoms with Crippen molar-refractivity contribution in [2.45, 2.75) is 84.1 Å². The Morgan fingerprint density at radius 3 is 2.48 bits per heavy atom. The van der Waals surface area contributed by atoms with Crippen molar-refractivity contribution in [2.24, 2.45) is 0 Å². The number of hydrogen-bond acceptors (Lipinski definition) is 11. The molecule has 3 fully saturated rings. The molecule has 1 aromatic carbocycles. The Labute approximate surface area is 309 Å². The molecule has 4 aromatic rings. The molecular weight excluding hydrogens is 726 g/mol. The molecule has 0 radical (unpaired) electrons. The number of pyridine rings is 2. The molecule has 270 valence electrons. The molecule has 4 aliphatic rings. The maximum Gasteiger partial charge on any atom is 0.263 e. The number of ketones is 1. The number of carbonyl (C=O) groups is 3. The van der Waals surface area contributed by atoms with E-state index in [9.17, 15) is 19.2 Å². The van der Waals surface area contributed by atoms with Crippen LogP contribution in [0.3, 0.4) is 0 Å². The van der Waals surface area contributed by atoms with Crippen molar-refractivity contribution in [3.8, 4) is 0 Å². The number of carbonyl (C=O) groups excluding carboxylic acids is 3. The van der Waals surface area contributed by atoms with Crippen LogP contribution in [0.5, 0.6) is 0 Å². The first-order valence-electron chi connectivity index (χ1n) is 18.1. The second kappa shape index (κ2) is 14.1. The molecule has 6 heterocycles. The largest absolute Gasteiger partial charge is 0.368 e. The number of halogens is 1. The zero-order valence-corrected chi connectivity index (χ0v) is 31.0. The summed E-state index contributed by atoms with van der Waals surface area (Å²) in [6.45, 7) is 9.02. The molecule has 0 spiro atoms. The second-order valence-electron chi connectivity index (χ2n) is 14.4. The highest BCUT2D eigenvalue weighted by Gasteiger charge is 2.36. The molecule has 1 unspecified atom stereocenters. The molecule has 2 N–H and O–H groups in total. The third-order valence-corrected chi connectivity index (χ3v) is 12.2. The highest BCUT2D eigenvalue weighted by atomic mass is 79.9. The Hall–Kier alpha value is -4.53. The Kier molecular flexibility index (Phi) is 9.39. The first-order chi connectivity index (χ1) is 25.1. The van der Waals surface area contributed by atoms with Crippen LogP contribution in [0.25, 0.3) is 11.0 Å². The van der Waals surface area contributed by atoms with Gasteiger partial charge in [0.2, 0.25) is 17.8 Å². The number of imide groups is 1. The topological polar surface area (TPSA) is 146 Å². The fourth-order valence-electron chi connectivity index (χ4n) is 8.36. The van der Waals surface area contributed by atoms with Gasteiger partial charge in [0.05, 0.1) is 23.5 Å². The lowest BCUT2D eigenvalue weighted by Crippen LogP contribution is -2.50. The molecule has 1 saturated carbocycles. The van der Waals surface area contributed by atoms with Crippen LogP contribution in [0.15, 0.2) is 45.9 Å². The van der Waals surface area contributed by atoms with Crippen LogP contribution in [-0.4, -0.2) is 79.1 Å². The molecule has 2 amide bonds. The maximum atomic E-state index is 13.6. The smallest absolute Gasteiger partial charge is 0.263 e. The van der Waals surface area contributed by atoms with Crippen molar-refractivity contribution in [1.29, 1.82) is 0 Å². The van der Waals surface area contributed by atoms with E-state index in [-0.39, 0.29) is 40.8 Å². The van der Waals surface area contributed by atoms with Gasteiger partial charge in [0.25, 0.3) is 5.56 Å². The van der Waals surface area contributed by atoms with Crippen molar-refractivity contribution in [1.82, 2.24) is 34.6 Å².